The molecule has 1 aliphatic carbocycles. The second-order valence-electron chi connectivity index (χ2n) is 5.08. The van der Waals surface area contributed by atoms with Crippen LogP contribution in [0.5, 0.6) is 0 Å². The van der Waals surface area contributed by atoms with Gasteiger partial charge in [0.15, 0.2) is 0 Å². The van der Waals surface area contributed by atoms with Crippen molar-refractivity contribution in [3.63, 3.8) is 0 Å². The van der Waals surface area contributed by atoms with E-state index in [4.69, 9.17) is 5.73 Å². The summed E-state index contributed by atoms with van der Waals surface area (Å²) in [5.74, 6) is 2.06. The average Bonchev–Trinajstić information content (AvgIpc) is 3.13. The first-order valence-corrected chi connectivity index (χ1v) is 6.30. The fourth-order valence-corrected chi connectivity index (χ4v) is 2.21. The number of likely N-dealkylation sites (N-methyl/N-ethyl adjacent to an activating group) is 1. The second kappa shape index (κ2) is 4.14. The Morgan fingerprint density at radius 2 is 1.88 bits per heavy atom. The van der Waals surface area contributed by atoms with Crippen LogP contribution >= 0.6 is 0 Å². The molecule has 2 fully saturated rings. The van der Waals surface area contributed by atoms with Gasteiger partial charge in [-0.2, -0.15) is 4.98 Å². The monoisotopic (exact) mass is 233 g/mol. The lowest BCUT2D eigenvalue weighted by Crippen LogP contribution is -2.45. The number of aromatic nitrogens is 2. The molecule has 2 aliphatic rings. The Hall–Kier alpha value is -1.36. The SMILES string of the molecule is CN1CCN(c2nc(N)cc(C3CC3)n2)CC1. The fourth-order valence-electron chi connectivity index (χ4n) is 2.21. The largest absolute Gasteiger partial charge is 0.384 e. The predicted molar refractivity (Wildman–Crippen MR) is 68.1 cm³/mol. The molecule has 5 nitrogen and oxygen atoms in total. The molecule has 3 rings (SSSR count). The van der Waals surface area contributed by atoms with E-state index in [1.807, 2.05) is 6.07 Å². The molecule has 1 saturated heterocycles. The zero-order valence-electron chi connectivity index (χ0n) is 10.3. The van der Waals surface area contributed by atoms with Crippen LogP contribution in [0.15, 0.2) is 6.07 Å². The minimum atomic E-state index is 0.607. The summed E-state index contributed by atoms with van der Waals surface area (Å²) in [4.78, 5) is 13.6. The van der Waals surface area contributed by atoms with Gasteiger partial charge in [0, 0.05) is 38.2 Å². The molecule has 2 heterocycles. The van der Waals surface area contributed by atoms with Crippen LogP contribution in [0.1, 0.15) is 24.5 Å². The quantitative estimate of drug-likeness (QED) is 0.814. The summed E-state index contributed by atoms with van der Waals surface area (Å²) in [6.45, 7) is 4.11. The van der Waals surface area contributed by atoms with E-state index in [0.29, 0.717) is 11.7 Å². The van der Waals surface area contributed by atoms with Gasteiger partial charge < -0.3 is 15.5 Å². The van der Waals surface area contributed by atoms with E-state index in [9.17, 15) is 0 Å². The van der Waals surface area contributed by atoms with Gasteiger partial charge in [0.2, 0.25) is 5.95 Å². The van der Waals surface area contributed by atoms with Gasteiger partial charge in [-0.15, -0.1) is 0 Å². The topological polar surface area (TPSA) is 58.3 Å². The standard InChI is InChI=1S/C12H19N5/c1-16-4-6-17(7-5-16)12-14-10(9-2-3-9)8-11(13)15-12/h8-9H,2-7H2,1H3,(H2,13,14,15). The van der Waals surface area contributed by atoms with E-state index in [1.54, 1.807) is 0 Å². The molecule has 1 saturated carbocycles. The lowest BCUT2D eigenvalue weighted by Gasteiger charge is -2.32. The van der Waals surface area contributed by atoms with Crippen molar-refractivity contribution in [1.29, 1.82) is 0 Å². The molecule has 5 heteroatoms. The van der Waals surface area contributed by atoms with Crippen molar-refractivity contribution in [1.82, 2.24) is 14.9 Å². The highest BCUT2D eigenvalue weighted by Gasteiger charge is 2.27. The summed E-state index contributed by atoms with van der Waals surface area (Å²) in [5.41, 5.74) is 7.00. The molecular weight excluding hydrogens is 214 g/mol. The lowest BCUT2D eigenvalue weighted by molar-refractivity contribution is 0.311. The van der Waals surface area contributed by atoms with E-state index in [1.165, 1.54) is 12.8 Å². The number of nitrogen functional groups attached to an aromatic ring is 1. The molecule has 0 atom stereocenters. The van der Waals surface area contributed by atoms with Crippen LogP contribution in [0.4, 0.5) is 11.8 Å². The highest BCUT2D eigenvalue weighted by atomic mass is 15.3. The molecule has 0 unspecified atom stereocenters. The average molecular weight is 233 g/mol. The molecule has 1 aliphatic heterocycles. The predicted octanol–water partition coefficient (Wildman–Crippen LogP) is 0.688. The summed E-state index contributed by atoms with van der Waals surface area (Å²) in [5, 5.41) is 0. The van der Waals surface area contributed by atoms with Crippen LogP contribution in [-0.2, 0) is 0 Å². The van der Waals surface area contributed by atoms with Gasteiger partial charge in [-0.3, -0.25) is 0 Å². The zero-order chi connectivity index (χ0) is 11.8. The third-order valence-corrected chi connectivity index (χ3v) is 3.54. The van der Waals surface area contributed by atoms with Crippen molar-refractivity contribution in [3.8, 4) is 0 Å². The van der Waals surface area contributed by atoms with Crippen LogP contribution in [-0.4, -0.2) is 48.1 Å². The number of nitrogens with two attached hydrogens (primary N) is 1. The van der Waals surface area contributed by atoms with Crippen LogP contribution in [0.25, 0.3) is 0 Å². The van der Waals surface area contributed by atoms with Crippen molar-refractivity contribution in [2.75, 3.05) is 43.9 Å². The van der Waals surface area contributed by atoms with E-state index in [2.05, 4.69) is 26.8 Å². The first-order valence-electron chi connectivity index (χ1n) is 6.30. The Kier molecular flexibility index (Phi) is 2.63. The van der Waals surface area contributed by atoms with Gasteiger partial charge in [-0.25, -0.2) is 4.98 Å². The van der Waals surface area contributed by atoms with Gasteiger partial charge in [-0.1, -0.05) is 0 Å². The van der Waals surface area contributed by atoms with Crippen molar-refractivity contribution < 1.29 is 0 Å². The molecule has 0 amide bonds. The summed E-state index contributed by atoms with van der Waals surface area (Å²) in [6.07, 6.45) is 2.50. The molecule has 0 aromatic carbocycles. The second-order valence-corrected chi connectivity index (χ2v) is 5.08. The number of nitrogens with zero attached hydrogens (tertiary/aromatic N) is 4. The maximum absolute atomic E-state index is 5.87. The lowest BCUT2D eigenvalue weighted by atomic mass is 10.3. The Morgan fingerprint density at radius 1 is 1.18 bits per heavy atom. The molecule has 0 radical (unpaired) electrons. The highest BCUT2D eigenvalue weighted by Crippen LogP contribution is 2.39. The Labute approximate surface area is 102 Å². The summed E-state index contributed by atoms with van der Waals surface area (Å²) in [7, 11) is 2.15. The molecular formula is C12H19N5. The molecule has 1 aromatic heterocycles. The Balaban J connectivity index is 1.81. The summed E-state index contributed by atoms with van der Waals surface area (Å²) < 4.78 is 0. The van der Waals surface area contributed by atoms with E-state index >= 15 is 0 Å². The van der Waals surface area contributed by atoms with Crippen LogP contribution in [0.2, 0.25) is 0 Å². The molecule has 0 bridgehead atoms. The number of hydrogen-bond donors (Lipinski definition) is 1. The van der Waals surface area contributed by atoms with E-state index < -0.39 is 0 Å². The van der Waals surface area contributed by atoms with Crippen molar-refractivity contribution in [2.45, 2.75) is 18.8 Å². The number of anilines is 2. The normalized spacial score (nSPS) is 21.8. The minimum absolute atomic E-state index is 0.607. The first-order chi connectivity index (χ1) is 8.22. The van der Waals surface area contributed by atoms with Gasteiger partial charge in [-0.05, 0) is 19.9 Å². The smallest absolute Gasteiger partial charge is 0.227 e. The summed E-state index contributed by atoms with van der Waals surface area (Å²) >= 11 is 0. The van der Waals surface area contributed by atoms with E-state index in [-0.39, 0.29) is 0 Å². The third kappa shape index (κ3) is 2.34. The number of rotatable bonds is 2. The van der Waals surface area contributed by atoms with E-state index in [0.717, 1.165) is 37.8 Å². The molecule has 2 N–H and O–H groups in total. The Morgan fingerprint density at radius 3 is 2.53 bits per heavy atom. The minimum Gasteiger partial charge on any atom is -0.384 e. The maximum atomic E-state index is 5.87. The van der Waals surface area contributed by atoms with Crippen LogP contribution in [0, 0.1) is 0 Å². The molecule has 92 valence electrons. The number of hydrogen-bond acceptors (Lipinski definition) is 5. The van der Waals surface area contributed by atoms with Crippen LogP contribution < -0.4 is 10.6 Å². The number of piperazine rings is 1. The van der Waals surface area contributed by atoms with Gasteiger partial charge in [0.05, 0.1) is 5.69 Å². The summed E-state index contributed by atoms with van der Waals surface area (Å²) in [6, 6.07) is 1.93. The first kappa shape index (κ1) is 10.8. The van der Waals surface area contributed by atoms with Crippen molar-refractivity contribution in [2.24, 2.45) is 0 Å². The van der Waals surface area contributed by atoms with Gasteiger partial charge in [0.25, 0.3) is 0 Å². The van der Waals surface area contributed by atoms with Crippen molar-refractivity contribution >= 4 is 11.8 Å². The molecule has 0 spiro atoms. The third-order valence-electron chi connectivity index (χ3n) is 3.54. The van der Waals surface area contributed by atoms with Crippen molar-refractivity contribution in [3.05, 3.63) is 11.8 Å². The Bertz CT molecular complexity index is 407. The van der Waals surface area contributed by atoms with Gasteiger partial charge in [0.1, 0.15) is 5.82 Å². The molecule has 17 heavy (non-hydrogen) atoms. The fraction of sp³-hybridized carbons (Fsp3) is 0.667. The highest BCUT2D eigenvalue weighted by molar-refractivity contribution is 5.42. The van der Waals surface area contributed by atoms with Gasteiger partial charge >= 0.3 is 0 Å². The molecule has 1 aromatic rings. The maximum Gasteiger partial charge on any atom is 0.227 e. The zero-order valence-corrected chi connectivity index (χ0v) is 10.3. The van der Waals surface area contributed by atoms with Crippen LogP contribution in [0.3, 0.4) is 0 Å².